The number of hydrogen-bond acceptors (Lipinski definition) is 4. The molecule has 0 unspecified atom stereocenters. The molecule has 0 aliphatic carbocycles. The van der Waals surface area contributed by atoms with Crippen LogP contribution in [0.5, 0.6) is 0 Å². The van der Waals surface area contributed by atoms with Crippen molar-refractivity contribution < 1.29 is 17.9 Å². The lowest BCUT2D eigenvalue weighted by Gasteiger charge is -2.19. The predicted molar refractivity (Wildman–Crippen MR) is 82.0 cm³/mol. The van der Waals surface area contributed by atoms with Crippen molar-refractivity contribution in [3.63, 3.8) is 0 Å². The standard InChI is InChI=1S/C14H16BrNO4S/c1-2-16(9-11-6-4-3-5-7-11)21(18,19)13-8-12(10-17)20-14(13)15/h3-8,17H,2,9-10H2,1H3. The van der Waals surface area contributed by atoms with Crippen molar-refractivity contribution in [2.24, 2.45) is 0 Å². The Morgan fingerprint density at radius 3 is 2.48 bits per heavy atom. The van der Waals surface area contributed by atoms with Gasteiger partial charge in [0, 0.05) is 19.2 Å². The third-order valence-corrected chi connectivity index (χ3v) is 5.81. The molecule has 7 heteroatoms. The van der Waals surface area contributed by atoms with Gasteiger partial charge in [0.05, 0.1) is 0 Å². The first kappa shape index (κ1) is 16.2. The van der Waals surface area contributed by atoms with Crippen LogP contribution in [0.25, 0.3) is 0 Å². The van der Waals surface area contributed by atoms with Crippen LogP contribution < -0.4 is 0 Å². The van der Waals surface area contributed by atoms with Crippen LogP contribution in [0.3, 0.4) is 0 Å². The van der Waals surface area contributed by atoms with E-state index >= 15 is 0 Å². The van der Waals surface area contributed by atoms with E-state index in [4.69, 9.17) is 9.52 Å². The highest BCUT2D eigenvalue weighted by Crippen LogP contribution is 2.29. The number of rotatable bonds is 6. The van der Waals surface area contributed by atoms with Crippen LogP contribution in [0.15, 0.2) is 50.4 Å². The molecule has 1 heterocycles. The molecule has 0 aliphatic heterocycles. The molecule has 1 N–H and O–H groups in total. The highest BCUT2D eigenvalue weighted by molar-refractivity contribution is 9.10. The van der Waals surface area contributed by atoms with Gasteiger partial charge in [-0.1, -0.05) is 37.3 Å². The van der Waals surface area contributed by atoms with E-state index in [9.17, 15) is 8.42 Å². The van der Waals surface area contributed by atoms with E-state index < -0.39 is 10.0 Å². The molecule has 21 heavy (non-hydrogen) atoms. The summed E-state index contributed by atoms with van der Waals surface area (Å²) in [4.78, 5) is 0.0318. The van der Waals surface area contributed by atoms with Gasteiger partial charge in [0.25, 0.3) is 0 Å². The molecule has 0 saturated heterocycles. The summed E-state index contributed by atoms with van der Waals surface area (Å²) in [5.74, 6) is 0.205. The third-order valence-electron chi connectivity index (χ3n) is 3.03. The van der Waals surface area contributed by atoms with Gasteiger partial charge in [0.1, 0.15) is 17.3 Å². The van der Waals surface area contributed by atoms with Crippen molar-refractivity contribution in [1.29, 1.82) is 0 Å². The molecule has 5 nitrogen and oxygen atoms in total. The highest BCUT2D eigenvalue weighted by Gasteiger charge is 2.28. The summed E-state index contributed by atoms with van der Waals surface area (Å²) >= 11 is 3.09. The number of halogens is 1. The van der Waals surface area contributed by atoms with Crippen molar-refractivity contribution in [1.82, 2.24) is 4.31 Å². The van der Waals surface area contributed by atoms with Crippen LogP contribution in [0, 0.1) is 0 Å². The van der Waals surface area contributed by atoms with Gasteiger partial charge in [0.15, 0.2) is 4.67 Å². The van der Waals surface area contributed by atoms with Crippen molar-refractivity contribution >= 4 is 26.0 Å². The molecule has 1 aromatic carbocycles. The van der Waals surface area contributed by atoms with E-state index in [1.54, 1.807) is 6.92 Å². The summed E-state index contributed by atoms with van der Waals surface area (Å²) in [6, 6.07) is 10.7. The van der Waals surface area contributed by atoms with Gasteiger partial charge in [0.2, 0.25) is 10.0 Å². The average Bonchev–Trinajstić information content (AvgIpc) is 2.87. The molecular weight excluding hydrogens is 358 g/mol. The van der Waals surface area contributed by atoms with E-state index in [1.165, 1.54) is 10.4 Å². The van der Waals surface area contributed by atoms with Gasteiger partial charge in [-0.05, 0) is 21.5 Å². The van der Waals surface area contributed by atoms with Gasteiger partial charge in [-0.2, -0.15) is 4.31 Å². The van der Waals surface area contributed by atoms with Crippen LogP contribution in [0.2, 0.25) is 0 Å². The first-order chi connectivity index (χ1) is 9.98. The Morgan fingerprint density at radius 1 is 1.29 bits per heavy atom. The second-order valence-electron chi connectivity index (χ2n) is 4.43. The van der Waals surface area contributed by atoms with E-state index in [1.807, 2.05) is 30.3 Å². The maximum atomic E-state index is 12.7. The third kappa shape index (κ3) is 3.55. The quantitative estimate of drug-likeness (QED) is 0.844. The van der Waals surface area contributed by atoms with Crippen molar-refractivity contribution in [3.8, 4) is 0 Å². The molecule has 0 radical (unpaired) electrons. The van der Waals surface area contributed by atoms with E-state index in [2.05, 4.69) is 15.9 Å². The first-order valence-corrected chi connectivity index (χ1v) is 8.65. The number of aliphatic hydroxyl groups is 1. The fourth-order valence-corrected chi connectivity index (χ4v) is 4.34. The van der Waals surface area contributed by atoms with Gasteiger partial charge < -0.3 is 9.52 Å². The molecule has 0 atom stereocenters. The van der Waals surface area contributed by atoms with Gasteiger partial charge in [-0.3, -0.25) is 0 Å². The molecular formula is C14H16BrNO4S. The molecule has 2 rings (SSSR count). The van der Waals surface area contributed by atoms with Gasteiger partial charge in [-0.25, -0.2) is 8.42 Å². The van der Waals surface area contributed by atoms with Crippen LogP contribution in [0.1, 0.15) is 18.2 Å². The largest absolute Gasteiger partial charge is 0.450 e. The molecule has 0 fully saturated rings. The van der Waals surface area contributed by atoms with E-state index in [0.717, 1.165) is 5.56 Å². The second-order valence-corrected chi connectivity index (χ2v) is 7.05. The van der Waals surface area contributed by atoms with Crippen molar-refractivity contribution in [2.45, 2.75) is 25.0 Å². The molecule has 0 amide bonds. The molecule has 0 bridgehead atoms. The van der Waals surface area contributed by atoms with Crippen molar-refractivity contribution in [2.75, 3.05) is 6.54 Å². The molecule has 0 aliphatic rings. The Morgan fingerprint density at radius 2 is 1.95 bits per heavy atom. The van der Waals surface area contributed by atoms with E-state index in [0.29, 0.717) is 6.54 Å². The normalized spacial score (nSPS) is 12.0. The van der Waals surface area contributed by atoms with Crippen molar-refractivity contribution in [3.05, 3.63) is 52.4 Å². The molecule has 0 spiro atoms. The Labute approximate surface area is 132 Å². The number of furan rings is 1. The monoisotopic (exact) mass is 373 g/mol. The number of sulfonamides is 1. The number of benzene rings is 1. The minimum atomic E-state index is -3.69. The van der Waals surface area contributed by atoms with Crippen LogP contribution in [0.4, 0.5) is 0 Å². The highest BCUT2D eigenvalue weighted by atomic mass is 79.9. The zero-order valence-corrected chi connectivity index (χ0v) is 13.9. The minimum absolute atomic E-state index is 0.0318. The maximum Gasteiger partial charge on any atom is 0.247 e. The summed E-state index contributed by atoms with van der Waals surface area (Å²) in [6.07, 6.45) is 0. The fourth-order valence-electron chi connectivity index (χ4n) is 1.94. The Bertz CT molecular complexity index is 697. The van der Waals surface area contributed by atoms with Gasteiger partial charge in [-0.15, -0.1) is 0 Å². The lowest BCUT2D eigenvalue weighted by atomic mass is 10.2. The van der Waals surface area contributed by atoms with Crippen LogP contribution >= 0.6 is 15.9 Å². The molecule has 1 aromatic heterocycles. The summed E-state index contributed by atoms with van der Waals surface area (Å²) < 4.78 is 32.0. The number of hydrogen-bond donors (Lipinski definition) is 1. The van der Waals surface area contributed by atoms with E-state index in [-0.39, 0.29) is 28.5 Å². The topological polar surface area (TPSA) is 70.8 Å². The number of aliphatic hydroxyl groups excluding tert-OH is 1. The Balaban J connectivity index is 2.33. The zero-order chi connectivity index (χ0) is 15.5. The summed E-state index contributed by atoms with van der Waals surface area (Å²) in [6.45, 7) is 2.05. The lowest BCUT2D eigenvalue weighted by Crippen LogP contribution is -2.30. The smallest absolute Gasteiger partial charge is 0.247 e. The maximum absolute atomic E-state index is 12.7. The average molecular weight is 374 g/mol. The summed E-state index contributed by atoms with van der Waals surface area (Å²) in [7, 11) is -3.69. The SMILES string of the molecule is CCN(Cc1ccccc1)S(=O)(=O)c1cc(CO)oc1Br. The minimum Gasteiger partial charge on any atom is -0.450 e. The molecule has 114 valence electrons. The van der Waals surface area contributed by atoms with Gasteiger partial charge >= 0.3 is 0 Å². The summed E-state index contributed by atoms with van der Waals surface area (Å²) in [5, 5.41) is 9.05. The second kappa shape index (κ2) is 6.74. The lowest BCUT2D eigenvalue weighted by molar-refractivity contribution is 0.245. The molecule has 2 aromatic rings. The molecule has 0 saturated carbocycles. The summed E-state index contributed by atoms with van der Waals surface area (Å²) in [5.41, 5.74) is 0.907. The fraction of sp³-hybridized carbons (Fsp3) is 0.286. The number of nitrogens with zero attached hydrogens (tertiary/aromatic N) is 1. The Kier molecular flexibility index (Phi) is 5.21. The first-order valence-electron chi connectivity index (χ1n) is 6.42. The van der Waals surface area contributed by atoms with Crippen LogP contribution in [-0.2, 0) is 23.2 Å². The predicted octanol–water partition coefficient (Wildman–Crippen LogP) is 2.75. The Hall–Kier alpha value is -1.15. The zero-order valence-electron chi connectivity index (χ0n) is 11.5. The van der Waals surface area contributed by atoms with Crippen LogP contribution in [-0.4, -0.2) is 24.4 Å².